The fraction of sp³-hybridized carbons (Fsp3) is 0.346. The molecule has 1 N–H and O–H groups in total. The highest BCUT2D eigenvalue weighted by molar-refractivity contribution is 7.99. The van der Waals surface area contributed by atoms with E-state index in [2.05, 4.69) is 41.2 Å². The summed E-state index contributed by atoms with van der Waals surface area (Å²) >= 11 is 1.46. The number of nitrogens with zero attached hydrogens (tertiary/aromatic N) is 4. The first-order chi connectivity index (χ1) is 16.5. The molecule has 1 aromatic heterocycles. The number of thioether (sulfide) groups is 1. The van der Waals surface area contributed by atoms with E-state index in [0.29, 0.717) is 38.5 Å². The van der Waals surface area contributed by atoms with E-state index < -0.39 is 0 Å². The molecule has 34 heavy (non-hydrogen) atoms. The lowest BCUT2D eigenvalue weighted by molar-refractivity contribution is -0.130. The van der Waals surface area contributed by atoms with Gasteiger partial charge in [0.25, 0.3) is 0 Å². The lowest BCUT2D eigenvalue weighted by Crippen LogP contribution is -2.50. The SMILES string of the molecule is CCc1ccccc1NC(=O)CN1CCN(C(=O)CSc2nccn2-c2cccc(C)c2)CC1. The molecule has 7 nitrogen and oxygen atoms in total. The van der Waals surface area contributed by atoms with Gasteiger partial charge >= 0.3 is 0 Å². The minimum absolute atomic E-state index is 0.0146. The highest BCUT2D eigenvalue weighted by Crippen LogP contribution is 2.22. The molecular weight excluding hydrogens is 446 g/mol. The molecule has 178 valence electrons. The molecule has 0 spiro atoms. The topological polar surface area (TPSA) is 70.5 Å². The lowest BCUT2D eigenvalue weighted by Gasteiger charge is -2.34. The van der Waals surface area contributed by atoms with Crippen LogP contribution in [0, 0.1) is 6.92 Å². The molecule has 3 aromatic rings. The van der Waals surface area contributed by atoms with Crippen LogP contribution in [-0.2, 0) is 16.0 Å². The highest BCUT2D eigenvalue weighted by atomic mass is 32.2. The molecule has 0 aliphatic carbocycles. The van der Waals surface area contributed by atoms with Crippen LogP contribution in [-0.4, -0.2) is 69.6 Å². The Morgan fingerprint density at radius 1 is 1.06 bits per heavy atom. The molecule has 0 bridgehead atoms. The van der Waals surface area contributed by atoms with Crippen LogP contribution < -0.4 is 5.32 Å². The van der Waals surface area contributed by atoms with Crippen molar-refractivity contribution < 1.29 is 9.59 Å². The molecule has 0 atom stereocenters. The van der Waals surface area contributed by atoms with Crippen LogP contribution in [0.5, 0.6) is 0 Å². The van der Waals surface area contributed by atoms with E-state index in [1.165, 1.54) is 17.3 Å². The Balaban J connectivity index is 1.24. The molecular formula is C26H31N5O2S. The van der Waals surface area contributed by atoms with Gasteiger partial charge in [0, 0.05) is 49.9 Å². The number of carbonyl (C=O) groups excluding carboxylic acids is 2. The largest absolute Gasteiger partial charge is 0.339 e. The van der Waals surface area contributed by atoms with Gasteiger partial charge in [-0.2, -0.15) is 0 Å². The van der Waals surface area contributed by atoms with Crippen molar-refractivity contribution in [1.29, 1.82) is 0 Å². The van der Waals surface area contributed by atoms with Crippen molar-refractivity contribution in [2.24, 2.45) is 0 Å². The van der Waals surface area contributed by atoms with Crippen molar-refractivity contribution in [2.75, 3.05) is 43.8 Å². The predicted octanol–water partition coefficient (Wildman–Crippen LogP) is 3.62. The van der Waals surface area contributed by atoms with Gasteiger partial charge in [-0.1, -0.05) is 49.0 Å². The van der Waals surface area contributed by atoms with Crippen LogP contribution in [0.15, 0.2) is 66.1 Å². The lowest BCUT2D eigenvalue weighted by atomic mass is 10.1. The van der Waals surface area contributed by atoms with Crippen molar-refractivity contribution in [1.82, 2.24) is 19.4 Å². The Kier molecular flexibility index (Phi) is 8.03. The molecule has 8 heteroatoms. The Morgan fingerprint density at radius 3 is 2.62 bits per heavy atom. The maximum atomic E-state index is 12.8. The number of carbonyl (C=O) groups is 2. The molecule has 0 saturated carbocycles. The van der Waals surface area contributed by atoms with Gasteiger partial charge in [0.15, 0.2) is 5.16 Å². The summed E-state index contributed by atoms with van der Waals surface area (Å²) in [7, 11) is 0. The van der Waals surface area contributed by atoms with Gasteiger partial charge in [-0.25, -0.2) is 4.98 Å². The second-order valence-corrected chi connectivity index (χ2v) is 9.37. The molecule has 2 amide bonds. The smallest absolute Gasteiger partial charge is 0.238 e. The Hall–Kier alpha value is -3.10. The van der Waals surface area contributed by atoms with Crippen LogP contribution >= 0.6 is 11.8 Å². The number of benzene rings is 2. The molecule has 4 rings (SSSR count). The zero-order valence-corrected chi connectivity index (χ0v) is 20.6. The number of nitrogens with one attached hydrogen (secondary N) is 1. The van der Waals surface area contributed by atoms with Gasteiger partial charge in [0.2, 0.25) is 11.8 Å². The monoisotopic (exact) mass is 477 g/mol. The first-order valence-electron chi connectivity index (χ1n) is 11.6. The van der Waals surface area contributed by atoms with E-state index in [9.17, 15) is 9.59 Å². The second-order valence-electron chi connectivity index (χ2n) is 8.42. The number of aromatic nitrogens is 2. The number of imidazole rings is 1. The second kappa shape index (κ2) is 11.4. The van der Waals surface area contributed by atoms with E-state index in [4.69, 9.17) is 0 Å². The first-order valence-corrected chi connectivity index (χ1v) is 12.6. The van der Waals surface area contributed by atoms with Gasteiger partial charge in [-0.3, -0.25) is 19.1 Å². The number of aryl methyl sites for hydroxylation is 2. The van der Waals surface area contributed by atoms with Crippen molar-refractivity contribution in [3.05, 3.63) is 72.1 Å². The number of rotatable bonds is 8. The molecule has 0 unspecified atom stereocenters. The van der Waals surface area contributed by atoms with Gasteiger partial charge in [-0.05, 0) is 42.7 Å². The van der Waals surface area contributed by atoms with Crippen molar-refractivity contribution in [3.63, 3.8) is 0 Å². The van der Waals surface area contributed by atoms with Gasteiger partial charge < -0.3 is 10.2 Å². The number of hydrogen-bond acceptors (Lipinski definition) is 5. The number of para-hydroxylation sites is 1. The summed E-state index contributed by atoms with van der Waals surface area (Å²) in [5.74, 6) is 0.431. The molecule has 2 heterocycles. The van der Waals surface area contributed by atoms with E-state index in [1.54, 1.807) is 6.20 Å². The van der Waals surface area contributed by atoms with Gasteiger partial charge in [0.05, 0.1) is 12.3 Å². The molecule has 1 aliphatic rings. The third-order valence-corrected chi connectivity index (χ3v) is 6.93. The predicted molar refractivity (Wildman–Crippen MR) is 136 cm³/mol. The Labute approximate surface area is 205 Å². The zero-order chi connectivity index (χ0) is 23.9. The third-order valence-electron chi connectivity index (χ3n) is 5.98. The van der Waals surface area contributed by atoms with Crippen molar-refractivity contribution >= 4 is 29.3 Å². The van der Waals surface area contributed by atoms with E-state index in [-0.39, 0.29) is 11.8 Å². The third kappa shape index (κ3) is 6.07. The summed E-state index contributed by atoms with van der Waals surface area (Å²) in [6, 6.07) is 16.1. The summed E-state index contributed by atoms with van der Waals surface area (Å²) in [5, 5.41) is 3.83. The maximum Gasteiger partial charge on any atom is 0.238 e. The fourth-order valence-corrected chi connectivity index (χ4v) is 4.96. The average molecular weight is 478 g/mol. The molecule has 2 aromatic carbocycles. The average Bonchev–Trinajstić information content (AvgIpc) is 3.32. The van der Waals surface area contributed by atoms with Gasteiger partial charge in [0.1, 0.15) is 0 Å². The molecule has 1 fully saturated rings. The quantitative estimate of drug-likeness (QED) is 0.502. The van der Waals surface area contributed by atoms with E-state index in [0.717, 1.165) is 28.5 Å². The standard InChI is InChI=1S/C26H31N5O2S/c1-3-21-8-4-5-10-23(21)28-24(32)18-29-13-15-30(16-14-29)25(33)19-34-26-27-11-12-31(26)22-9-6-7-20(2)17-22/h4-12,17H,3,13-16,18-19H2,1-2H3,(H,28,32). The first kappa shape index (κ1) is 24.0. The maximum absolute atomic E-state index is 12.8. The summed E-state index contributed by atoms with van der Waals surface area (Å²) < 4.78 is 2.01. The molecule has 1 saturated heterocycles. The van der Waals surface area contributed by atoms with Crippen LogP contribution in [0.2, 0.25) is 0 Å². The van der Waals surface area contributed by atoms with E-state index in [1.807, 2.05) is 52.1 Å². The minimum atomic E-state index is -0.0146. The summed E-state index contributed by atoms with van der Waals surface area (Å²) in [5.41, 5.74) is 4.23. The highest BCUT2D eigenvalue weighted by Gasteiger charge is 2.23. The summed E-state index contributed by atoms with van der Waals surface area (Å²) in [4.78, 5) is 33.7. The number of amides is 2. The van der Waals surface area contributed by atoms with Crippen LogP contribution in [0.25, 0.3) is 5.69 Å². The van der Waals surface area contributed by atoms with Crippen molar-refractivity contribution in [2.45, 2.75) is 25.4 Å². The van der Waals surface area contributed by atoms with E-state index >= 15 is 0 Å². The Morgan fingerprint density at radius 2 is 1.85 bits per heavy atom. The summed E-state index contributed by atoms with van der Waals surface area (Å²) in [6.45, 7) is 7.12. The minimum Gasteiger partial charge on any atom is -0.339 e. The van der Waals surface area contributed by atoms with Crippen LogP contribution in [0.1, 0.15) is 18.1 Å². The van der Waals surface area contributed by atoms with Crippen LogP contribution in [0.3, 0.4) is 0 Å². The fourth-order valence-electron chi connectivity index (χ4n) is 4.09. The summed E-state index contributed by atoms with van der Waals surface area (Å²) in [6.07, 6.45) is 4.56. The number of piperazine rings is 1. The number of anilines is 1. The molecule has 1 aliphatic heterocycles. The zero-order valence-electron chi connectivity index (χ0n) is 19.7. The number of hydrogen-bond donors (Lipinski definition) is 1. The molecule has 0 radical (unpaired) electrons. The van der Waals surface area contributed by atoms with Crippen molar-refractivity contribution in [3.8, 4) is 5.69 Å². The Bertz CT molecular complexity index is 1140. The van der Waals surface area contributed by atoms with Gasteiger partial charge in [-0.15, -0.1) is 0 Å². The van der Waals surface area contributed by atoms with Crippen LogP contribution in [0.4, 0.5) is 5.69 Å². The normalized spacial score (nSPS) is 14.2.